The van der Waals surface area contributed by atoms with Gasteiger partial charge in [0.15, 0.2) is 5.75 Å². The van der Waals surface area contributed by atoms with Crippen molar-refractivity contribution < 1.29 is 9.47 Å². The molecule has 0 atom stereocenters. The summed E-state index contributed by atoms with van der Waals surface area (Å²) in [5.41, 5.74) is 0.729. The Kier molecular flexibility index (Phi) is 1.63. The van der Waals surface area contributed by atoms with Crippen molar-refractivity contribution in [1.29, 1.82) is 0 Å². The number of halogens is 1. The lowest BCUT2D eigenvalue weighted by atomic mass is 10.2. The first kappa shape index (κ1) is 7.03. The molecular weight excluding hydrogens is 157 g/mol. The minimum Gasteiger partial charge on any atom is -0.294 e. The van der Waals surface area contributed by atoms with Crippen LogP contribution in [0.15, 0.2) is 36.5 Å². The molecule has 2 nitrogen and oxygen atoms in total. The van der Waals surface area contributed by atoms with Gasteiger partial charge in [-0.25, -0.2) is 0 Å². The molecule has 0 aliphatic rings. The highest BCUT2D eigenvalue weighted by Gasteiger charge is 2.00. The maximum atomic E-state index is 11.9. The number of benzene rings is 1. The molecule has 3 heteroatoms. The predicted molar refractivity (Wildman–Crippen MR) is 43.5 cm³/mol. The van der Waals surface area contributed by atoms with Gasteiger partial charge in [0.1, 0.15) is 0 Å². The number of hydrogen-bond acceptors (Lipinski definition) is 2. The molecule has 0 amide bonds. The van der Waals surface area contributed by atoms with Crippen LogP contribution in [0.1, 0.15) is 0 Å². The fourth-order valence-corrected chi connectivity index (χ4v) is 1.14. The number of hydrogen-bond donors (Lipinski definition) is 0. The molecule has 2 rings (SSSR count). The van der Waals surface area contributed by atoms with Crippen molar-refractivity contribution in [3.05, 3.63) is 36.5 Å². The molecule has 0 bridgehead atoms. The number of nitrogens with zero attached hydrogens (tertiary/aromatic N) is 1. The summed E-state index contributed by atoms with van der Waals surface area (Å²) in [6.07, 6.45) is 1.66. The second-order valence-corrected chi connectivity index (χ2v) is 2.40. The minimum absolute atomic E-state index is 0.209. The molecule has 1 heterocycles. The molecule has 0 aliphatic carbocycles. The summed E-state index contributed by atoms with van der Waals surface area (Å²) in [5, 5.41) is 0.683. The molecule has 0 radical (unpaired) electrons. The summed E-state index contributed by atoms with van der Waals surface area (Å²) < 4.78 is 11.9. The van der Waals surface area contributed by atoms with E-state index < -0.39 is 0 Å². The average Bonchev–Trinajstić information content (AvgIpc) is 2.17. The Balaban J connectivity index is 2.79. The molecule has 0 N–H and O–H groups in total. The van der Waals surface area contributed by atoms with E-state index in [2.05, 4.69) is 9.93 Å². The van der Waals surface area contributed by atoms with E-state index in [1.54, 1.807) is 36.5 Å². The number of pyridine rings is 1. The zero-order valence-corrected chi connectivity index (χ0v) is 6.20. The molecule has 0 unspecified atom stereocenters. The monoisotopic (exact) mass is 163 g/mol. The highest BCUT2D eigenvalue weighted by molar-refractivity contribution is 5.84. The minimum atomic E-state index is 0.209. The van der Waals surface area contributed by atoms with Crippen LogP contribution in [0.5, 0.6) is 5.75 Å². The third-order valence-corrected chi connectivity index (χ3v) is 1.69. The first-order valence-electron chi connectivity index (χ1n) is 3.54. The average molecular weight is 163 g/mol. The van der Waals surface area contributed by atoms with E-state index in [4.69, 9.17) is 0 Å². The van der Waals surface area contributed by atoms with Gasteiger partial charge in [-0.05, 0) is 24.3 Å². The van der Waals surface area contributed by atoms with Gasteiger partial charge in [-0.2, -0.15) is 0 Å². The first-order chi connectivity index (χ1) is 5.92. The summed E-state index contributed by atoms with van der Waals surface area (Å²) >= 11 is 0. The highest BCUT2D eigenvalue weighted by Crippen LogP contribution is 2.23. The summed E-state index contributed by atoms with van der Waals surface area (Å²) in [7, 11) is 0. The fraction of sp³-hybridized carbons (Fsp3) is 0. The Labute approximate surface area is 68.5 Å². The molecular formula is C9H6FNO. The third kappa shape index (κ3) is 0.993. The van der Waals surface area contributed by atoms with E-state index in [0.717, 1.165) is 5.52 Å². The van der Waals surface area contributed by atoms with Gasteiger partial charge >= 0.3 is 0 Å². The Morgan fingerprint density at radius 1 is 1.17 bits per heavy atom. The standard InChI is InChI=1S/C9H6FNO/c10-12-9-5-1-4-8-7(9)3-2-6-11-8/h1-6H. The van der Waals surface area contributed by atoms with Crippen LogP contribution in [0, 0.1) is 0 Å². The van der Waals surface area contributed by atoms with Crippen LogP contribution in [0.4, 0.5) is 4.53 Å². The lowest BCUT2D eigenvalue weighted by Gasteiger charge is -1.98. The van der Waals surface area contributed by atoms with Crippen molar-refractivity contribution >= 4 is 10.9 Å². The molecule has 0 aliphatic heterocycles. The van der Waals surface area contributed by atoms with Crippen LogP contribution >= 0.6 is 0 Å². The Hall–Kier alpha value is -1.64. The SMILES string of the molecule is FOc1cccc2ncccc12. The van der Waals surface area contributed by atoms with Crippen molar-refractivity contribution in [2.75, 3.05) is 0 Å². The third-order valence-electron chi connectivity index (χ3n) is 1.69. The molecule has 0 saturated heterocycles. The number of fused-ring (bicyclic) bond motifs is 1. The predicted octanol–water partition coefficient (Wildman–Crippen LogP) is 2.50. The molecule has 0 fully saturated rings. The van der Waals surface area contributed by atoms with E-state index >= 15 is 0 Å². The van der Waals surface area contributed by atoms with Crippen molar-refractivity contribution in [2.24, 2.45) is 0 Å². The molecule has 0 saturated carbocycles. The Morgan fingerprint density at radius 3 is 2.92 bits per heavy atom. The molecule has 0 spiro atoms. The van der Waals surface area contributed by atoms with E-state index in [0.29, 0.717) is 5.39 Å². The van der Waals surface area contributed by atoms with Crippen molar-refractivity contribution in [2.45, 2.75) is 0 Å². The van der Waals surface area contributed by atoms with Gasteiger partial charge in [-0.3, -0.25) is 9.93 Å². The quantitative estimate of drug-likeness (QED) is 0.644. The Bertz CT molecular complexity index is 397. The second kappa shape index (κ2) is 2.77. The van der Waals surface area contributed by atoms with Gasteiger partial charge in [0.2, 0.25) is 0 Å². The number of aromatic nitrogens is 1. The van der Waals surface area contributed by atoms with Crippen LogP contribution in [0.3, 0.4) is 0 Å². The summed E-state index contributed by atoms with van der Waals surface area (Å²) in [5.74, 6) is 0.209. The van der Waals surface area contributed by atoms with Crippen LogP contribution in [0.25, 0.3) is 10.9 Å². The summed E-state index contributed by atoms with van der Waals surface area (Å²) in [4.78, 5) is 7.73. The fourth-order valence-electron chi connectivity index (χ4n) is 1.14. The van der Waals surface area contributed by atoms with Gasteiger partial charge < -0.3 is 0 Å². The van der Waals surface area contributed by atoms with Gasteiger partial charge in [0.05, 0.1) is 5.52 Å². The summed E-state index contributed by atoms with van der Waals surface area (Å²) in [6.45, 7) is 0. The van der Waals surface area contributed by atoms with Gasteiger partial charge in [-0.1, -0.05) is 6.07 Å². The zero-order valence-electron chi connectivity index (χ0n) is 6.20. The maximum absolute atomic E-state index is 11.9. The maximum Gasteiger partial charge on any atom is 0.181 e. The van der Waals surface area contributed by atoms with Crippen LogP contribution in [-0.2, 0) is 0 Å². The second-order valence-electron chi connectivity index (χ2n) is 2.40. The lowest BCUT2D eigenvalue weighted by molar-refractivity contribution is -0.00424. The topological polar surface area (TPSA) is 22.1 Å². The Morgan fingerprint density at radius 2 is 2.08 bits per heavy atom. The normalized spacial score (nSPS) is 10.1. The highest BCUT2D eigenvalue weighted by atomic mass is 19.3. The molecule has 12 heavy (non-hydrogen) atoms. The van der Waals surface area contributed by atoms with E-state index in [-0.39, 0.29) is 5.75 Å². The van der Waals surface area contributed by atoms with Gasteiger partial charge in [-0.15, -0.1) is 0 Å². The van der Waals surface area contributed by atoms with E-state index in [1.807, 2.05) is 0 Å². The lowest BCUT2D eigenvalue weighted by Crippen LogP contribution is -1.81. The van der Waals surface area contributed by atoms with Crippen molar-refractivity contribution in [3.63, 3.8) is 0 Å². The van der Waals surface area contributed by atoms with Crippen LogP contribution < -0.4 is 4.94 Å². The molecule has 1 aromatic carbocycles. The largest absolute Gasteiger partial charge is 0.294 e. The molecule has 60 valence electrons. The molecule has 2 aromatic rings. The van der Waals surface area contributed by atoms with Crippen LogP contribution in [-0.4, -0.2) is 4.98 Å². The summed E-state index contributed by atoms with van der Waals surface area (Å²) in [6, 6.07) is 8.56. The van der Waals surface area contributed by atoms with E-state index in [1.165, 1.54) is 0 Å². The van der Waals surface area contributed by atoms with Crippen molar-refractivity contribution in [3.8, 4) is 5.75 Å². The van der Waals surface area contributed by atoms with Gasteiger partial charge in [0, 0.05) is 16.1 Å². The first-order valence-corrected chi connectivity index (χ1v) is 3.54. The van der Waals surface area contributed by atoms with Crippen molar-refractivity contribution in [1.82, 2.24) is 4.98 Å². The molecule has 1 aromatic heterocycles. The zero-order chi connectivity index (χ0) is 8.39. The smallest absolute Gasteiger partial charge is 0.181 e. The van der Waals surface area contributed by atoms with Crippen LogP contribution in [0.2, 0.25) is 0 Å². The number of rotatable bonds is 1. The van der Waals surface area contributed by atoms with Gasteiger partial charge in [0.25, 0.3) is 0 Å². The van der Waals surface area contributed by atoms with E-state index in [9.17, 15) is 4.53 Å².